The van der Waals surface area contributed by atoms with Crippen molar-refractivity contribution in [2.45, 2.75) is 69.0 Å². The molecule has 4 aromatic rings. The first-order valence-electron chi connectivity index (χ1n) is 16.3. The summed E-state index contributed by atoms with van der Waals surface area (Å²) in [6.45, 7) is 1.44. The molecule has 252 valence electrons. The van der Waals surface area contributed by atoms with Crippen molar-refractivity contribution in [1.82, 2.24) is 10.2 Å². The number of nitrogens with one attached hydrogen (secondary N) is 1. The molecule has 1 fully saturated rings. The van der Waals surface area contributed by atoms with Gasteiger partial charge in [0.2, 0.25) is 11.8 Å². The molecule has 5 rings (SSSR count). The Hall–Kier alpha value is -4.34. The Morgan fingerprint density at radius 2 is 1.54 bits per heavy atom. The monoisotopic (exact) mass is 687 g/mol. The Labute approximate surface area is 288 Å². The van der Waals surface area contributed by atoms with Crippen molar-refractivity contribution in [3.05, 3.63) is 125 Å². The highest BCUT2D eigenvalue weighted by atomic mass is 35.5. The van der Waals surface area contributed by atoms with Crippen molar-refractivity contribution < 1.29 is 22.7 Å². The molecule has 8 nitrogen and oxygen atoms in total. The van der Waals surface area contributed by atoms with Crippen LogP contribution < -0.4 is 14.4 Å². The van der Waals surface area contributed by atoms with Gasteiger partial charge in [0.05, 0.1) is 17.7 Å². The van der Waals surface area contributed by atoms with Crippen LogP contribution in [-0.2, 0) is 32.6 Å². The number of methoxy groups -OCH3 is 1. The number of halogens is 1. The van der Waals surface area contributed by atoms with E-state index in [2.05, 4.69) is 5.32 Å². The number of aryl methyl sites for hydroxylation is 1. The van der Waals surface area contributed by atoms with E-state index in [9.17, 15) is 18.0 Å². The van der Waals surface area contributed by atoms with Crippen molar-refractivity contribution >= 4 is 39.1 Å². The molecule has 0 heterocycles. The van der Waals surface area contributed by atoms with Gasteiger partial charge in [-0.3, -0.25) is 13.9 Å². The Kier molecular flexibility index (Phi) is 11.8. The van der Waals surface area contributed by atoms with Crippen molar-refractivity contribution in [2.75, 3.05) is 18.0 Å². The van der Waals surface area contributed by atoms with Crippen molar-refractivity contribution in [3.8, 4) is 5.75 Å². The number of anilines is 1. The van der Waals surface area contributed by atoms with Crippen LogP contribution >= 0.6 is 11.6 Å². The van der Waals surface area contributed by atoms with Crippen LogP contribution in [0.3, 0.4) is 0 Å². The predicted octanol–water partition coefficient (Wildman–Crippen LogP) is 6.94. The van der Waals surface area contributed by atoms with Crippen molar-refractivity contribution in [1.29, 1.82) is 0 Å². The average molecular weight is 688 g/mol. The normalized spacial score (nSPS) is 14.1. The standard InChI is InChI=1S/C38H42ClN3O5S/c1-28-16-20-33(21-17-28)42(48(45,46)35-22-18-31(39)19-23-35)27-37(43)41(26-30-12-9-15-34(24-30)47-2)36(25-29-10-5-3-6-11-29)38(44)40-32-13-7-4-8-14-32/h3,5-6,9-12,15-24,32,36H,4,7-8,13-14,25-27H2,1-2H3,(H,40,44). The van der Waals surface area contributed by atoms with E-state index in [1.807, 2.05) is 61.5 Å². The number of carbonyl (C=O) groups is 2. The van der Waals surface area contributed by atoms with Gasteiger partial charge in [-0.15, -0.1) is 0 Å². The maximum atomic E-state index is 14.7. The zero-order valence-corrected chi connectivity index (χ0v) is 28.9. The lowest BCUT2D eigenvalue weighted by Gasteiger charge is -2.35. The van der Waals surface area contributed by atoms with Gasteiger partial charge < -0.3 is 15.0 Å². The summed E-state index contributed by atoms with van der Waals surface area (Å²) >= 11 is 6.08. The van der Waals surface area contributed by atoms with Gasteiger partial charge in [0.1, 0.15) is 18.3 Å². The SMILES string of the molecule is COc1cccc(CN(C(=O)CN(c2ccc(C)cc2)S(=O)(=O)c2ccc(Cl)cc2)C(Cc2ccccc2)C(=O)NC2CCCCC2)c1. The van der Waals surface area contributed by atoms with Gasteiger partial charge in [-0.2, -0.15) is 0 Å². The molecule has 0 spiro atoms. The first-order valence-corrected chi connectivity index (χ1v) is 18.1. The van der Waals surface area contributed by atoms with Crippen LogP contribution in [0.15, 0.2) is 108 Å². The molecule has 10 heteroatoms. The van der Waals surface area contributed by atoms with Crippen LogP contribution in [0.1, 0.15) is 48.8 Å². The number of amides is 2. The Morgan fingerprint density at radius 1 is 0.875 bits per heavy atom. The summed E-state index contributed by atoms with van der Waals surface area (Å²) in [7, 11) is -2.65. The fourth-order valence-corrected chi connectivity index (χ4v) is 7.58. The summed E-state index contributed by atoms with van der Waals surface area (Å²) in [4.78, 5) is 30.5. The highest BCUT2D eigenvalue weighted by molar-refractivity contribution is 7.92. The molecular formula is C38H42ClN3O5S. The molecule has 1 saturated carbocycles. The Balaban J connectivity index is 1.57. The summed E-state index contributed by atoms with van der Waals surface area (Å²) in [6.07, 6.45) is 5.23. The van der Waals surface area contributed by atoms with Crippen LogP contribution in [0.5, 0.6) is 5.75 Å². The molecule has 4 aromatic carbocycles. The minimum Gasteiger partial charge on any atom is -0.497 e. The minimum absolute atomic E-state index is 0.00417. The third-order valence-electron chi connectivity index (χ3n) is 8.71. The van der Waals surface area contributed by atoms with Gasteiger partial charge in [-0.1, -0.05) is 91.0 Å². The van der Waals surface area contributed by atoms with Crippen LogP contribution in [0.2, 0.25) is 5.02 Å². The van der Waals surface area contributed by atoms with Gasteiger partial charge in [-0.05, 0) is 79.4 Å². The van der Waals surface area contributed by atoms with Gasteiger partial charge in [0.25, 0.3) is 10.0 Å². The van der Waals surface area contributed by atoms with Crippen LogP contribution in [0.25, 0.3) is 0 Å². The molecule has 1 unspecified atom stereocenters. The third kappa shape index (κ3) is 8.96. The van der Waals surface area contributed by atoms with Gasteiger partial charge in [0, 0.05) is 24.0 Å². The molecular weight excluding hydrogens is 646 g/mol. The molecule has 48 heavy (non-hydrogen) atoms. The number of benzene rings is 4. The molecule has 1 atom stereocenters. The Bertz CT molecular complexity index is 1780. The molecule has 0 radical (unpaired) electrons. The number of hydrogen-bond donors (Lipinski definition) is 1. The second-order valence-corrected chi connectivity index (χ2v) is 14.5. The first-order chi connectivity index (χ1) is 23.1. The van der Waals surface area contributed by atoms with E-state index in [1.165, 1.54) is 29.2 Å². The van der Waals surface area contributed by atoms with E-state index >= 15 is 0 Å². The topological polar surface area (TPSA) is 96.0 Å². The number of ether oxygens (including phenoxy) is 1. The van der Waals surface area contributed by atoms with E-state index in [0.717, 1.165) is 53.1 Å². The van der Waals surface area contributed by atoms with Crippen LogP contribution in [-0.4, -0.2) is 50.9 Å². The fraction of sp³-hybridized carbons (Fsp3) is 0.316. The molecule has 1 aliphatic carbocycles. The van der Waals surface area contributed by atoms with E-state index in [-0.39, 0.29) is 29.8 Å². The number of nitrogens with zero attached hydrogens (tertiary/aromatic N) is 2. The molecule has 0 saturated heterocycles. The summed E-state index contributed by atoms with van der Waals surface area (Å²) in [5.41, 5.74) is 2.90. The molecule has 1 N–H and O–H groups in total. The van der Waals surface area contributed by atoms with E-state index in [0.29, 0.717) is 16.5 Å². The number of rotatable bonds is 13. The predicted molar refractivity (Wildman–Crippen MR) is 190 cm³/mol. The lowest BCUT2D eigenvalue weighted by Crippen LogP contribution is -2.55. The summed E-state index contributed by atoms with van der Waals surface area (Å²) in [5.74, 6) is -0.169. The van der Waals surface area contributed by atoms with Crippen LogP contribution in [0.4, 0.5) is 5.69 Å². The van der Waals surface area contributed by atoms with E-state index < -0.39 is 28.5 Å². The average Bonchev–Trinajstić information content (AvgIpc) is 3.10. The summed E-state index contributed by atoms with van der Waals surface area (Å²) < 4.78 is 35.0. The lowest BCUT2D eigenvalue weighted by molar-refractivity contribution is -0.140. The molecule has 1 aliphatic rings. The fourth-order valence-electron chi connectivity index (χ4n) is 6.04. The maximum Gasteiger partial charge on any atom is 0.264 e. The molecule has 2 amide bonds. The highest BCUT2D eigenvalue weighted by Crippen LogP contribution is 2.27. The van der Waals surface area contributed by atoms with E-state index in [4.69, 9.17) is 16.3 Å². The second-order valence-electron chi connectivity index (χ2n) is 12.2. The first kappa shape index (κ1) is 35.0. The number of hydrogen-bond acceptors (Lipinski definition) is 5. The quantitative estimate of drug-likeness (QED) is 0.164. The number of sulfonamides is 1. The zero-order valence-electron chi connectivity index (χ0n) is 27.3. The third-order valence-corrected chi connectivity index (χ3v) is 10.8. The smallest absolute Gasteiger partial charge is 0.264 e. The summed E-state index contributed by atoms with van der Waals surface area (Å²) in [6, 6.07) is 28.8. The van der Waals surface area contributed by atoms with Crippen LogP contribution in [0, 0.1) is 6.92 Å². The zero-order chi connectivity index (χ0) is 34.1. The van der Waals surface area contributed by atoms with Crippen molar-refractivity contribution in [2.24, 2.45) is 0 Å². The van der Waals surface area contributed by atoms with Gasteiger partial charge >= 0.3 is 0 Å². The lowest BCUT2D eigenvalue weighted by atomic mass is 9.94. The molecule has 0 aromatic heterocycles. The number of carbonyl (C=O) groups excluding carboxylic acids is 2. The summed E-state index contributed by atoms with van der Waals surface area (Å²) in [5, 5.41) is 3.63. The minimum atomic E-state index is -4.22. The molecule has 0 bridgehead atoms. The van der Waals surface area contributed by atoms with Crippen molar-refractivity contribution in [3.63, 3.8) is 0 Å². The highest BCUT2D eigenvalue weighted by Gasteiger charge is 2.35. The Morgan fingerprint density at radius 3 is 2.21 bits per heavy atom. The van der Waals surface area contributed by atoms with E-state index in [1.54, 1.807) is 31.4 Å². The second kappa shape index (κ2) is 16.2. The van der Waals surface area contributed by atoms with Gasteiger partial charge in [0.15, 0.2) is 0 Å². The largest absolute Gasteiger partial charge is 0.497 e. The maximum absolute atomic E-state index is 14.7. The molecule has 0 aliphatic heterocycles. The van der Waals surface area contributed by atoms with Gasteiger partial charge in [-0.25, -0.2) is 8.42 Å².